The molecule has 1 fully saturated rings. The minimum atomic E-state index is 0.118. The van der Waals surface area contributed by atoms with Crippen molar-refractivity contribution in [1.29, 1.82) is 0 Å². The van der Waals surface area contributed by atoms with Crippen LogP contribution in [0.15, 0.2) is 0 Å². The van der Waals surface area contributed by atoms with Crippen LogP contribution in [0.5, 0.6) is 0 Å². The van der Waals surface area contributed by atoms with E-state index >= 15 is 0 Å². The van der Waals surface area contributed by atoms with Crippen molar-refractivity contribution in [2.75, 3.05) is 7.05 Å². The summed E-state index contributed by atoms with van der Waals surface area (Å²) in [6, 6.07) is 0.483. The van der Waals surface area contributed by atoms with Gasteiger partial charge in [-0.2, -0.15) is 0 Å². The number of hydrogen-bond donors (Lipinski definition) is 1. The first-order chi connectivity index (χ1) is 5.13. The van der Waals surface area contributed by atoms with Gasteiger partial charge in [0.1, 0.15) is 0 Å². The van der Waals surface area contributed by atoms with E-state index in [2.05, 4.69) is 0 Å². The lowest BCUT2D eigenvalue weighted by molar-refractivity contribution is -0.129. The van der Waals surface area contributed by atoms with Gasteiger partial charge in [-0.05, 0) is 19.3 Å². The van der Waals surface area contributed by atoms with Crippen molar-refractivity contribution in [2.24, 2.45) is 5.73 Å². The summed E-state index contributed by atoms with van der Waals surface area (Å²) in [5.41, 5.74) is 5.82. The smallest absolute Gasteiger partial charge is 0.219 e. The Labute approximate surface area is 67.5 Å². The zero-order valence-corrected chi connectivity index (χ0v) is 7.21. The minimum Gasteiger partial charge on any atom is -0.341 e. The molecular formula is C8H16N2O. The van der Waals surface area contributed by atoms with Crippen LogP contribution in [0.2, 0.25) is 0 Å². The second-order valence-electron chi connectivity index (χ2n) is 3.29. The fourth-order valence-electron chi connectivity index (χ4n) is 1.68. The number of likely N-dealkylation sites (N-methyl/N-ethyl adjacent to an activating group) is 1. The van der Waals surface area contributed by atoms with Gasteiger partial charge in [0.2, 0.25) is 5.91 Å². The van der Waals surface area contributed by atoms with Crippen molar-refractivity contribution in [3.63, 3.8) is 0 Å². The largest absolute Gasteiger partial charge is 0.341 e. The minimum absolute atomic E-state index is 0.118. The molecule has 0 aromatic rings. The van der Waals surface area contributed by atoms with Gasteiger partial charge in [0.25, 0.3) is 0 Å². The molecule has 2 unspecified atom stereocenters. The molecule has 1 amide bonds. The second-order valence-corrected chi connectivity index (χ2v) is 3.29. The highest BCUT2D eigenvalue weighted by Crippen LogP contribution is 2.21. The van der Waals surface area contributed by atoms with Gasteiger partial charge in [0.05, 0.1) is 0 Å². The van der Waals surface area contributed by atoms with Crippen molar-refractivity contribution in [3.05, 3.63) is 0 Å². The molecule has 0 heterocycles. The molecule has 0 spiro atoms. The summed E-state index contributed by atoms with van der Waals surface area (Å²) in [5, 5.41) is 0. The first-order valence-electron chi connectivity index (χ1n) is 4.12. The lowest BCUT2D eigenvalue weighted by Crippen LogP contribution is -2.44. The molecule has 1 aliphatic carbocycles. The van der Waals surface area contributed by atoms with Crippen molar-refractivity contribution in [1.82, 2.24) is 4.90 Å². The summed E-state index contributed by atoms with van der Waals surface area (Å²) in [6.07, 6.45) is 3.28. The van der Waals surface area contributed by atoms with Crippen LogP contribution in [0, 0.1) is 0 Å². The first kappa shape index (κ1) is 8.53. The zero-order valence-electron chi connectivity index (χ0n) is 7.21. The Morgan fingerprint density at radius 2 is 2.18 bits per heavy atom. The van der Waals surface area contributed by atoms with E-state index in [0.29, 0.717) is 0 Å². The zero-order chi connectivity index (χ0) is 8.43. The van der Waals surface area contributed by atoms with Crippen LogP contribution in [0.1, 0.15) is 26.2 Å². The van der Waals surface area contributed by atoms with Crippen LogP contribution in [0.3, 0.4) is 0 Å². The average Bonchev–Trinajstić information content (AvgIpc) is 2.33. The first-order valence-corrected chi connectivity index (χ1v) is 4.12. The topological polar surface area (TPSA) is 46.3 Å². The van der Waals surface area contributed by atoms with Gasteiger partial charge in [0.15, 0.2) is 0 Å². The number of carbonyl (C=O) groups excluding carboxylic acids is 1. The Bertz CT molecular complexity index is 158. The van der Waals surface area contributed by atoms with E-state index in [4.69, 9.17) is 5.73 Å². The highest BCUT2D eigenvalue weighted by Gasteiger charge is 2.28. The molecule has 3 nitrogen and oxygen atoms in total. The molecule has 64 valence electrons. The SMILES string of the molecule is CC(=O)N(C)C1CCCC1N. The Kier molecular flexibility index (Phi) is 2.49. The average molecular weight is 156 g/mol. The predicted octanol–water partition coefficient (Wildman–Crippen LogP) is 0.345. The number of carbonyl (C=O) groups is 1. The maximum atomic E-state index is 10.9. The van der Waals surface area contributed by atoms with Crippen LogP contribution in [-0.2, 0) is 4.79 Å². The van der Waals surface area contributed by atoms with Crippen LogP contribution >= 0.6 is 0 Å². The van der Waals surface area contributed by atoms with Crippen LogP contribution in [-0.4, -0.2) is 29.9 Å². The van der Waals surface area contributed by atoms with Gasteiger partial charge in [-0.15, -0.1) is 0 Å². The molecule has 1 aliphatic rings. The third kappa shape index (κ3) is 1.71. The van der Waals surface area contributed by atoms with Gasteiger partial charge in [-0.3, -0.25) is 4.79 Å². The van der Waals surface area contributed by atoms with Crippen LogP contribution in [0.4, 0.5) is 0 Å². The second kappa shape index (κ2) is 3.22. The lowest BCUT2D eigenvalue weighted by Gasteiger charge is -2.26. The summed E-state index contributed by atoms with van der Waals surface area (Å²) in [7, 11) is 1.83. The van der Waals surface area contributed by atoms with Gasteiger partial charge in [0, 0.05) is 26.1 Å². The molecule has 0 bridgehead atoms. The van der Waals surface area contributed by atoms with Crippen molar-refractivity contribution >= 4 is 5.91 Å². The third-order valence-corrected chi connectivity index (χ3v) is 2.53. The monoisotopic (exact) mass is 156 g/mol. The number of hydrogen-bond acceptors (Lipinski definition) is 2. The number of nitrogens with zero attached hydrogens (tertiary/aromatic N) is 1. The fourth-order valence-corrected chi connectivity index (χ4v) is 1.68. The summed E-state index contributed by atoms with van der Waals surface area (Å²) in [4.78, 5) is 12.7. The molecule has 2 N–H and O–H groups in total. The van der Waals surface area contributed by atoms with Crippen molar-refractivity contribution in [2.45, 2.75) is 38.3 Å². The van der Waals surface area contributed by atoms with Crippen molar-refractivity contribution < 1.29 is 4.79 Å². The van der Waals surface area contributed by atoms with E-state index in [1.54, 1.807) is 11.8 Å². The molecule has 3 heteroatoms. The van der Waals surface area contributed by atoms with E-state index in [9.17, 15) is 4.79 Å². The normalized spacial score (nSPS) is 30.5. The van der Waals surface area contributed by atoms with E-state index in [1.807, 2.05) is 7.05 Å². The number of rotatable bonds is 1. The van der Waals surface area contributed by atoms with Gasteiger partial charge in [-0.25, -0.2) is 0 Å². The Morgan fingerprint density at radius 1 is 1.55 bits per heavy atom. The fraction of sp³-hybridized carbons (Fsp3) is 0.875. The summed E-state index contributed by atoms with van der Waals surface area (Å²) >= 11 is 0. The molecule has 1 saturated carbocycles. The molecule has 0 aliphatic heterocycles. The van der Waals surface area contributed by atoms with Gasteiger partial charge >= 0.3 is 0 Å². The summed E-state index contributed by atoms with van der Waals surface area (Å²) in [5.74, 6) is 0.118. The van der Waals surface area contributed by atoms with E-state index in [1.165, 1.54) is 0 Å². The summed E-state index contributed by atoms with van der Waals surface area (Å²) < 4.78 is 0. The summed E-state index contributed by atoms with van der Waals surface area (Å²) in [6.45, 7) is 1.59. The molecule has 2 atom stereocenters. The van der Waals surface area contributed by atoms with E-state index in [0.717, 1.165) is 19.3 Å². The van der Waals surface area contributed by atoms with Gasteiger partial charge in [-0.1, -0.05) is 0 Å². The van der Waals surface area contributed by atoms with Gasteiger partial charge < -0.3 is 10.6 Å². The van der Waals surface area contributed by atoms with E-state index in [-0.39, 0.29) is 18.0 Å². The maximum Gasteiger partial charge on any atom is 0.219 e. The van der Waals surface area contributed by atoms with Crippen molar-refractivity contribution in [3.8, 4) is 0 Å². The van der Waals surface area contributed by atoms with E-state index < -0.39 is 0 Å². The Balaban J connectivity index is 2.52. The van der Waals surface area contributed by atoms with Crippen LogP contribution in [0.25, 0.3) is 0 Å². The molecule has 0 saturated heterocycles. The third-order valence-electron chi connectivity index (χ3n) is 2.53. The Hall–Kier alpha value is -0.570. The standard InChI is InChI=1S/C8H16N2O/c1-6(11)10(2)8-5-3-4-7(8)9/h7-8H,3-5,9H2,1-2H3. The lowest BCUT2D eigenvalue weighted by atomic mass is 10.1. The van der Waals surface area contributed by atoms with Crippen LogP contribution < -0.4 is 5.73 Å². The molecule has 1 rings (SSSR count). The maximum absolute atomic E-state index is 10.9. The molecule has 11 heavy (non-hydrogen) atoms. The number of amides is 1. The number of nitrogens with two attached hydrogens (primary N) is 1. The molecule has 0 aromatic heterocycles. The molecule has 0 aromatic carbocycles. The molecule has 0 radical (unpaired) electrons. The Morgan fingerprint density at radius 3 is 2.55 bits per heavy atom. The highest BCUT2D eigenvalue weighted by molar-refractivity contribution is 5.73. The molecular weight excluding hydrogens is 140 g/mol. The highest BCUT2D eigenvalue weighted by atomic mass is 16.2. The quantitative estimate of drug-likeness (QED) is 0.595. The predicted molar refractivity (Wildman–Crippen MR) is 44.1 cm³/mol.